The molecule has 0 aromatic heterocycles. The molecule has 0 unspecified atom stereocenters. The first kappa shape index (κ1) is 15.6. The normalized spacial score (nSPS) is 18.6. The van der Waals surface area contributed by atoms with E-state index in [-0.39, 0.29) is 5.91 Å². The minimum Gasteiger partial charge on any atom is -0.480 e. The van der Waals surface area contributed by atoms with Crippen molar-refractivity contribution in [2.75, 3.05) is 6.54 Å². The molecular formula is C15H18ClNO4. The number of amides is 1. The first-order chi connectivity index (χ1) is 9.81. The Labute approximate surface area is 128 Å². The van der Waals surface area contributed by atoms with Gasteiger partial charge in [-0.05, 0) is 51.0 Å². The van der Waals surface area contributed by atoms with Crippen LogP contribution in [-0.2, 0) is 9.59 Å². The van der Waals surface area contributed by atoms with E-state index in [1.807, 2.05) is 0 Å². The fourth-order valence-corrected chi connectivity index (χ4v) is 2.58. The number of hydrogen-bond acceptors (Lipinski definition) is 3. The number of halogens is 1. The van der Waals surface area contributed by atoms with Gasteiger partial charge < -0.3 is 14.7 Å². The zero-order valence-electron chi connectivity index (χ0n) is 12.0. The van der Waals surface area contributed by atoms with E-state index in [2.05, 4.69) is 0 Å². The van der Waals surface area contributed by atoms with Crippen molar-refractivity contribution in [1.82, 2.24) is 4.90 Å². The van der Waals surface area contributed by atoms with Gasteiger partial charge in [0.05, 0.1) is 0 Å². The minimum atomic E-state index is -1.13. The molecule has 1 amide bonds. The van der Waals surface area contributed by atoms with E-state index in [0.717, 1.165) is 0 Å². The zero-order chi connectivity index (χ0) is 15.6. The maximum Gasteiger partial charge on any atom is 0.326 e. The van der Waals surface area contributed by atoms with Gasteiger partial charge in [0.1, 0.15) is 11.8 Å². The Hall–Kier alpha value is -1.75. The molecule has 0 spiro atoms. The number of carbonyl (C=O) groups excluding carboxylic acids is 1. The SMILES string of the molecule is CC(C)(Oc1ccc(Cl)cc1)C(=O)N1CCC[C@@H]1C(=O)O. The highest BCUT2D eigenvalue weighted by molar-refractivity contribution is 6.30. The lowest BCUT2D eigenvalue weighted by Crippen LogP contribution is -2.52. The van der Waals surface area contributed by atoms with E-state index in [1.165, 1.54) is 4.90 Å². The summed E-state index contributed by atoms with van der Waals surface area (Å²) in [7, 11) is 0. The fraction of sp³-hybridized carbons (Fsp3) is 0.467. The van der Waals surface area contributed by atoms with Gasteiger partial charge in [-0.15, -0.1) is 0 Å². The van der Waals surface area contributed by atoms with Crippen LogP contribution >= 0.6 is 11.6 Å². The van der Waals surface area contributed by atoms with Crippen LogP contribution in [0, 0.1) is 0 Å². The molecule has 1 aromatic rings. The zero-order valence-corrected chi connectivity index (χ0v) is 12.8. The lowest BCUT2D eigenvalue weighted by atomic mass is 10.1. The lowest BCUT2D eigenvalue weighted by molar-refractivity contribution is -0.155. The van der Waals surface area contributed by atoms with Crippen LogP contribution in [-0.4, -0.2) is 40.1 Å². The van der Waals surface area contributed by atoms with Crippen LogP contribution in [0.3, 0.4) is 0 Å². The number of aliphatic carboxylic acids is 1. The molecule has 1 saturated heterocycles. The van der Waals surface area contributed by atoms with E-state index in [1.54, 1.807) is 38.1 Å². The van der Waals surface area contributed by atoms with E-state index >= 15 is 0 Å². The van der Waals surface area contributed by atoms with Crippen LogP contribution in [0.2, 0.25) is 5.02 Å². The van der Waals surface area contributed by atoms with Gasteiger partial charge in [-0.3, -0.25) is 4.79 Å². The number of carbonyl (C=O) groups is 2. The monoisotopic (exact) mass is 311 g/mol. The molecular weight excluding hydrogens is 294 g/mol. The number of carboxylic acid groups (broad SMARTS) is 1. The second-order valence-electron chi connectivity index (χ2n) is 5.56. The van der Waals surface area contributed by atoms with Crippen LogP contribution in [0.4, 0.5) is 0 Å². The number of rotatable bonds is 4. The van der Waals surface area contributed by atoms with Gasteiger partial charge in [0, 0.05) is 11.6 Å². The topological polar surface area (TPSA) is 66.8 Å². The molecule has 1 N–H and O–H groups in total. The van der Waals surface area contributed by atoms with Crippen molar-refractivity contribution in [2.24, 2.45) is 0 Å². The third-order valence-electron chi connectivity index (χ3n) is 3.50. The van der Waals surface area contributed by atoms with Gasteiger partial charge in [0.15, 0.2) is 5.60 Å². The quantitative estimate of drug-likeness (QED) is 0.928. The molecule has 1 aromatic carbocycles. The highest BCUT2D eigenvalue weighted by Gasteiger charge is 2.42. The summed E-state index contributed by atoms with van der Waals surface area (Å²) in [6.07, 6.45) is 1.18. The van der Waals surface area contributed by atoms with E-state index < -0.39 is 17.6 Å². The van der Waals surface area contributed by atoms with Crippen molar-refractivity contribution in [3.05, 3.63) is 29.3 Å². The van der Waals surface area contributed by atoms with Crippen LogP contribution in [0.25, 0.3) is 0 Å². The molecule has 114 valence electrons. The summed E-state index contributed by atoms with van der Waals surface area (Å²) in [5, 5.41) is 9.75. The maximum atomic E-state index is 12.6. The minimum absolute atomic E-state index is 0.317. The Morgan fingerprint density at radius 2 is 1.95 bits per heavy atom. The van der Waals surface area contributed by atoms with Gasteiger partial charge >= 0.3 is 5.97 Å². The van der Waals surface area contributed by atoms with Crippen molar-refractivity contribution in [2.45, 2.75) is 38.3 Å². The smallest absolute Gasteiger partial charge is 0.326 e. The maximum absolute atomic E-state index is 12.6. The molecule has 6 heteroatoms. The van der Waals surface area contributed by atoms with Crippen LogP contribution in [0.15, 0.2) is 24.3 Å². The van der Waals surface area contributed by atoms with Gasteiger partial charge in [0.2, 0.25) is 0 Å². The number of ether oxygens (including phenoxy) is 1. The summed E-state index contributed by atoms with van der Waals surface area (Å²) in [5.74, 6) is -0.769. The van der Waals surface area contributed by atoms with Crippen LogP contribution in [0.1, 0.15) is 26.7 Å². The summed E-state index contributed by atoms with van der Waals surface area (Å²) in [6.45, 7) is 3.73. The number of hydrogen-bond donors (Lipinski definition) is 1. The number of likely N-dealkylation sites (tertiary alicyclic amines) is 1. The van der Waals surface area contributed by atoms with Gasteiger partial charge in [-0.25, -0.2) is 4.79 Å². The highest BCUT2D eigenvalue weighted by atomic mass is 35.5. The van der Waals surface area contributed by atoms with Gasteiger partial charge in [0.25, 0.3) is 5.91 Å². The van der Waals surface area contributed by atoms with E-state index in [4.69, 9.17) is 21.4 Å². The highest BCUT2D eigenvalue weighted by Crippen LogP contribution is 2.26. The van der Waals surface area contributed by atoms with Crippen molar-refractivity contribution in [1.29, 1.82) is 0 Å². The van der Waals surface area contributed by atoms with Crippen molar-refractivity contribution in [3.8, 4) is 5.75 Å². The number of carboxylic acids is 1. The van der Waals surface area contributed by atoms with Crippen molar-refractivity contribution < 1.29 is 19.4 Å². The molecule has 0 bridgehead atoms. The molecule has 5 nitrogen and oxygen atoms in total. The summed E-state index contributed by atoms with van der Waals surface area (Å²) >= 11 is 5.81. The summed E-state index contributed by atoms with van der Waals surface area (Å²) < 4.78 is 5.72. The Morgan fingerprint density at radius 3 is 2.52 bits per heavy atom. The summed E-state index contributed by atoms with van der Waals surface area (Å²) in [4.78, 5) is 25.1. The van der Waals surface area contributed by atoms with Crippen LogP contribution < -0.4 is 4.74 Å². The first-order valence-electron chi connectivity index (χ1n) is 6.80. The Morgan fingerprint density at radius 1 is 1.33 bits per heavy atom. The van der Waals surface area contributed by atoms with Crippen LogP contribution in [0.5, 0.6) is 5.75 Å². The predicted octanol–water partition coefficient (Wildman–Crippen LogP) is 2.57. The third-order valence-corrected chi connectivity index (χ3v) is 3.75. The Balaban J connectivity index is 2.12. The van der Waals surface area contributed by atoms with E-state index in [9.17, 15) is 9.59 Å². The summed E-state index contributed by atoms with van der Waals surface area (Å²) in [6, 6.07) is 5.94. The molecule has 0 radical (unpaired) electrons. The average molecular weight is 312 g/mol. The predicted molar refractivity (Wildman–Crippen MR) is 78.5 cm³/mol. The molecule has 2 rings (SSSR count). The number of benzene rings is 1. The molecule has 0 saturated carbocycles. The molecule has 1 aliphatic heterocycles. The number of nitrogens with zero attached hydrogens (tertiary/aromatic N) is 1. The molecule has 1 fully saturated rings. The van der Waals surface area contributed by atoms with E-state index in [0.29, 0.717) is 30.2 Å². The fourth-order valence-electron chi connectivity index (χ4n) is 2.45. The average Bonchev–Trinajstić information content (AvgIpc) is 2.89. The molecule has 1 aliphatic rings. The molecule has 0 aliphatic carbocycles. The second-order valence-corrected chi connectivity index (χ2v) is 6.00. The summed E-state index contributed by atoms with van der Waals surface area (Å²) in [5.41, 5.74) is -1.13. The second kappa shape index (κ2) is 5.93. The standard InChI is InChI=1S/C15H18ClNO4/c1-15(2,21-11-7-5-10(16)6-8-11)14(20)17-9-3-4-12(17)13(18)19/h5-8,12H,3-4,9H2,1-2H3,(H,18,19)/t12-/m1/s1. The molecule has 21 heavy (non-hydrogen) atoms. The Kier molecular flexibility index (Phi) is 4.42. The Bertz CT molecular complexity index is 541. The molecule has 1 heterocycles. The van der Waals surface area contributed by atoms with Gasteiger partial charge in [-0.2, -0.15) is 0 Å². The van der Waals surface area contributed by atoms with Gasteiger partial charge in [-0.1, -0.05) is 11.6 Å². The first-order valence-corrected chi connectivity index (χ1v) is 7.17. The third kappa shape index (κ3) is 3.47. The van der Waals surface area contributed by atoms with Crippen molar-refractivity contribution >= 4 is 23.5 Å². The largest absolute Gasteiger partial charge is 0.480 e. The molecule has 1 atom stereocenters. The van der Waals surface area contributed by atoms with Crippen molar-refractivity contribution in [3.63, 3.8) is 0 Å². The lowest BCUT2D eigenvalue weighted by Gasteiger charge is -2.32.